The highest BCUT2D eigenvalue weighted by Crippen LogP contribution is 2.37. The Morgan fingerprint density at radius 1 is 1.11 bits per heavy atom. The summed E-state index contributed by atoms with van der Waals surface area (Å²) >= 11 is 0. The van der Waals surface area contributed by atoms with Crippen molar-refractivity contribution in [1.82, 2.24) is 10.3 Å². The molecule has 1 aliphatic rings. The molecule has 0 radical (unpaired) electrons. The highest BCUT2D eigenvalue weighted by Gasteiger charge is 2.23. The van der Waals surface area contributed by atoms with Crippen LogP contribution in [0.5, 0.6) is 0 Å². The van der Waals surface area contributed by atoms with E-state index in [9.17, 15) is 4.79 Å². The standard InChI is InChI=1S/C21H19N3O4/c25-10-9-23-21(26)19-12-17(13-5-7-22-8-6-13)20(28-19)15-1-3-16-14(11-15)2-4-18(16)24-27/h1,3,5-8,11-12,25,27H,2,4,9-10H2,(H,23,26)/b24-18-. The predicted molar refractivity (Wildman–Crippen MR) is 103 cm³/mol. The summed E-state index contributed by atoms with van der Waals surface area (Å²) in [6.45, 7) is 0.0116. The Hall–Kier alpha value is -3.45. The molecule has 1 amide bonds. The van der Waals surface area contributed by atoms with Crippen molar-refractivity contribution in [2.75, 3.05) is 13.2 Å². The number of pyridine rings is 1. The molecular formula is C21H19N3O4. The molecule has 2 aromatic heterocycles. The molecule has 0 aliphatic heterocycles. The lowest BCUT2D eigenvalue weighted by atomic mass is 9.99. The summed E-state index contributed by atoms with van der Waals surface area (Å²) in [4.78, 5) is 16.4. The Bertz CT molecular complexity index is 1040. The van der Waals surface area contributed by atoms with Crippen LogP contribution in [0.2, 0.25) is 0 Å². The normalized spacial score (nSPS) is 14.2. The maximum atomic E-state index is 12.3. The first-order valence-corrected chi connectivity index (χ1v) is 8.99. The number of aliphatic hydroxyl groups excluding tert-OH is 1. The van der Waals surface area contributed by atoms with E-state index in [1.807, 2.05) is 30.3 Å². The maximum Gasteiger partial charge on any atom is 0.287 e. The van der Waals surface area contributed by atoms with Gasteiger partial charge in [-0.3, -0.25) is 9.78 Å². The summed E-state index contributed by atoms with van der Waals surface area (Å²) in [5, 5.41) is 24.0. The molecule has 0 fully saturated rings. The second-order valence-electron chi connectivity index (χ2n) is 6.49. The Morgan fingerprint density at radius 2 is 1.93 bits per heavy atom. The van der Waals surface area contributed by atoms with Gasteiger partial charge in [0.1, 0.15) is 5.76 Å². The number of hydrogen-bond acceptors (Lipinski definition) is 6. The smallest absolute Gasteiger partial charge is 0.287 e. The number of furan rings is 1. The Morgan fingerprint density at radius 3 is 2.68 bits per heavy atom. The van der Waals surface area contributed by atoms with E-state index in [-0.39, 0.29) is 24.8 Å². The van der Waals surface area contributed by atoms with Crippen LogP contribution in [-0.4, -0.2) is 40.1 Å². The van der Waals surface area contributed by atoms with Gasteiger partial charge in [-0.25, -0.2) is 0 Å². The number of aromatic nitrogens is 1. The molecule has 0 bridgehead atoms. The molecule has 0 spiro atoms. The van der Waals surface area contributed by atoms with Crippen LogP contribution in [0.1, 0.15) is 28.1 Å². The average Bonchev–Trinajstić information content (AvgIpc) is 3.36. The van der Waals surface area contributed by atoms with Gasteiger partial charge < -0.3 is 20.0 Å². The lowest BCUT2D eigenvalue weighted by Gasteiger charge is -2.06. The van der Waals surface area contributed by atoms with E-state index in [4.69, 9.17) is 14.7 Å². The third-order valence-electron chi connectivity index (χ3n) is 4.77. The van der Waals surface area contributed by atoms with E-state index in [2.05, 4.69) is 15.5 Å². The van der Waals surface area contributed by atoms with Crippen molar-refractivity contribution >= 4 is 11.6 Å². The molecule has 1 aliphatic carbocycles. The van der Waals surface area contributed by atoms with E-state index < -0.39 is 0 Å². The molecule has 0 atom stereocenters. The van der Waals surface area contributed by atoms with Gasteiger partial charge in [0.15, 0.2) is 5.76 Å². The number of rotatable bonds is 5. The van der Waals surface area contributed by atoms with Gasteiger partial charge in [-0.1, -0.05) is 17.3 Å². The molecule has 0 saturated carbocycles. The second-order valence-corrected chi connectivity index (χ2v) is 6.49. The predicted octanol–water partition coefficient (Wildman–Crippen LogP) is 2.86. The fraction of sp³-hybridized carbons (Fsp3) is 0.190. The molecule has 0 saturated heterocycles. The van der Waals surface area contributed by atoms with E-state index in [1.165, 1.54) is 0 Å². The molecule has 4 rings (SSSR count). The minimum Gasteiger partial charge on any atom is -0.450 e. The van der Waals surface area contributed by atoms with Crippen molar-refractivity contribution in [3.05, 3.63) is 65.7 Å². The number of amides is 1. The molecular weight excluding hydrogens is 358 g/mol. The summed E-state index contributed by atoms with van der Waals surface area (Å²) in [7, 11) is 0. The lowest BCUT2D eigenvalue weighted by molar-refractivity contribution is 0.0918. The fourth-order valence-electron chi connectivity index (χ4n) is 3.43. The molecule has 1 aromatic carbocycles. The Labute approximate surface area is 161 Å². The van der Waals surface area contributed by atoms with Crippen LogP contribution in [0.15, 0.2) is 58.4 Å². The topological polar surface area (TPSA) is 108 Å². The molecule has 3 aromatic rings. The number of carbonyl (C=O) groups excluding carboxylic acids is 1. The van der Waals surface area contributed by atoms with Crippen molar-refractivity contribution in [3.63, 3.8) is 0 Å². The number of oxime groups is 1. The van der Waals surface area contributed by atoms with Gasteiger partial charge in [-0.05, 0) is 48.2 Å². The molecule has 0 unspecified atom stereocenters. The van der Waals surface area contributed by atoms with Crippen LogP contribution < -0.4 is 5.32 Å². The fourth-order valence-corrected chi connectivity index (χ4v) is 3.43. The van der Waals surface area contributed by atoms with Gasteiger partial charge in [-0.2, -0.15) is 0 Å². The highest BCUT2D eigenvalue weighted by molar-refractivity contribution is 6.04. The summed E-state index contributed by atoms with van der Waals surface area (Å²) in [6, 6.07) is 11.2. The molecule has 2 heterocycles. The Kier molecular flexibility index (Phi) is 4.90. The first-order chi connectivity index (χ1) is 13.7. The van der Waals surface area contributed by atoms with Gasteiger partial charge in [0.25, 0.3) is 5.91 Å². The van der Waals surface area contributed by atoms with E-state index in [0.717, 1.165) is 34.2 Å². The number of nitrogens with one attached hydrogen (secondary N) is 1. The van der Waals surface area contributed by atoms with Crippen molar-refractivity contribution < 1.29 is 19.5 Å². The van der Waals surface area contributed by atoms with E-state index >= 15 is 0 Å². The molecule has 28 heavy (non-hydrogen) atoms. The molecule has 3 N–H and O–H groups in total. The van der Waals surface area contributed by atoms with Gasteiger partial charge in [0.2, 0.25) is 0 Å². The number of aryl methyl sites for hydroxylation is 1. The minimum absolute atomic E-state index is 0.143. The number of fused-ring (bicyclic) bond motifs is 1. The summed E-state index contributed by atoms with van der Waals surface area (Å²) in [5.74, 6) is 0.373. The van der Waals surface area contributed by atoms with Crippen molar-refractivity contribution in [2.24, 2.45) is 5.16 Å². The molecule has 7 heteroatoms. The zero-order valence-corrected chi connectivity index (χ0v) is 15.1. The second kappa shape index (κ2) is 7.66. The van der Waals surface area contributed by atoms with Gasteiger partial charge in [0, 0.05) is 35.6 Å². The largest absolute Gasteiger partial charge is 0.450 e. The van der Waals surface area contributed by atoms with Gasteiger partial charge in [0.05, 0.1) is 12.3 Å². The van der Waals surface area contributed by atoms with Crippen LogP contribution in [0.4, 0.5) is 0 Å². The van der Waals surface area contributed by atoms with Crippen LogP contribution in [-0.2, 0) is 6.42 Å². The van der Waals surface area contributed by atoms with Crippen LogP contribution in [0.3, 0.4) is 0 Å². The van der Waals surface area contributed by atoms with Crippen molar-refractivity contribution in [3.8, 4) is 22.5 Å². The number of benzene rings is 1. The molecule has 7 nitrogen and oxygen atoms in total. The van der Waals surface area contributed by atoms with Crippen molar-refractivity contribution in [2.45, 2.75) is 12.8 Å². The lowest BCUT2D eigenvalue weighted by Crippen LogP contribution is -2.25. The van der Waals surface area contributed by atoms with E-state index in [1.54, 1.807) is 18.5 Å². The quantitative estimate of drug-likeness (QED) is 0.468. The maximum absolute atomic E-state index is 12.3. The number of carbonyl (C=O) groups is 1. The summed E-state index contributed by atoms with van der Waals surface area (Å²) in [5.41, 5.74) is 5.20. The zero-order valence-electron chi connectivity index (χ0n) is 15.1. The van der Waals surface area contributed by atoms with Gasteiger partial charge >= 0.3 is 0 Å². The summed E-state index contributed by atoms with van der Waals surface area (Å²) < 4.78 is 5.93. The van der Waals surface area contributed by atoms with Crippen LogP contribution in [0, 0.1) is 0 Å². The SMILES string of the molecule is O=C(NCCO)c1cc(-c2ccncc2)c(-c2ccc3c(c2)CC/C3=N/O)o1. The number of aliphatic hydroxyl groups is 1. The average molecular weight is 377 g/mol. The van der Waals surface area contributed by atoms with Crippen LogP contribution >= 0.6 is 0 Å². The zero-order chi connectivity index (χ0) is 19.5. The van der Waals surface area contributed by atoms with Gasteiger partial charge in [-0.15, -0.1) is 0 Å². The first kappa shape index (κ1) is 17.9. The Balaban J connectivity index is 1.79. The highest BCUT2D eigenvalue weighted by atomic mass is 16.4. The molecule has 142 valence electrons. The first-order valence-electron chi connectivity index (χ1n) is 8.99. The third kappa shape index (κ3) is 3.27. The monoisotopic (exact) mass is 377 g/mol. The third-order valence-corrected chi connectivity index (χ3v) is 4.77. The number of hydrogen-bond donors (Lipinski definition) is 3. The minimum atomic E-state index is -0.383. The van der Waals surface area contributed by atoms with E-state index in [0.29, 0.717) is 17.9 Å². The number of nitrogens with zero attached hydrogens (tertiary/aromatic N) is 2. The van der Waals surface area contributed by atoms with Crippen LogP contribution in [0.25, 0.3) is 22.5 Å². The van der Waals surface area contributed by atoms with Crippen molar-refractivity contribution in [1.29, 1.82) is 0 Å². The summed E-state index contributed by atoms with van der Waals surface area (Å²) in [6.07, 6.45) is 4.85.